The fourth-order valence-corrected chi connectivity index (χ4v) is 2.68. The van der Waals surface area contributed by atoms with E-state index < -0.39 is 18.3 Å². The summed E-state index contributed by atoms with van der Waals surface area (Å²) < 4.78 is 39.1. The molecule has 0 spiro atoms. The van der Waals surface area contributed by atoms with Crippen LogP contribution in [0.15, 0.2) is 17.3 Å². The van der Waals surface area contributed by atoms with Crippen molar-refractivity contribution < 1.29 is 23.0 Å². The molecule has 2 saturated heterocycles. The molecular weight excluding hydrogens is 310 g/mol. The third-order valence-corrected chi connectivity index (χ3v) is 3.80. The van der Waals surface area contributed by atoms with E-state index in [1.54, 1.807) is 0 Å². The zero-order valence-electron chi connectivity index (χ0n) is 13.0. The molecule has 0 aromatic rings. The van der Waals surface area contributed by atoms with Gasteiger partial charge in [0.25, 0.3) is 5.92 Å². The number of amidine groups is 1. The maximum atomic E-state index is 14.2. The number of alkyl halides is 2. The molecule has 2 atom stereocenters. The van der Waals surface area contributed by atoms with Gasteiger partial charge in [-0.25, -0.2) is 8.78 Å². The van der Waals surface area contributed by atoms with Crippen LogP contribution in [0.3, 0.4) is 0 Å². The molecule has 2 aliphatic rings. The molecule has 2 rings (SSSR count). The number of nitrogens with two attached hydrogens (primary N) is 1. The summed E-state index contributed by atoms with van der Waals surface area (Å²) in [6.07, 6.45) is 0.670. The third-order valence-electron chi connectivity index (χ3n) is 3.80. The van der Waals surface area contributed by atoms with E-state index in [2.05, 4.69) is 9.89 Å². The lowest BCUT2D eigenvalue weighted by atomic mass is 10.1. The van der Waals surface area contributed by atoms with Crippen molar-refractivity contribution in [2.45, 2.75) is 24.7 Å². The zero-order valence-corrected chi connectivity index (χ0v) is 13.0. The van der Waals surface area contributed by atoms with Gasteiger partial charge in [0.2, 0.25) is 6.41 Å². The van der Waals surface area contributed by atoms with Crippen LogP contribution in [0.4, 0.5) is 8.78 Å². The normalized spacial score (nSPS) is 29.1. The Balaban J connectivity index is 1.93. The number of nitrogens with zero attached hydrogens (tertiary/aromatic N) is 3. The van der Waals surface area contributed by atoms with Gasteiger partial charge in [-0.15, -0.1) is 0 Å². The monoisotopic (exact) mass is 332 g/mol. The van der Waals surface area contributed by atoms with Gasteiger partial charge < -0.3 is 20.1 Å². The molecule has 0 aromatic heterocycles. The smallest absolute Gasteiger partial charge is 0.294 e. The quantitative estimate of drug-likeness (QED) is 0.420. The number of halogens is 2. The maximum absolute atomic E-state index is 14.2. The largest absolute Gasteiger partial charge is 0.384 e. The molecule has 130 valence electrons. The number of carbonyl (C=O) groups excluding carboxylic acids is 1. The predicted molar refractivity (Wildman–Crippen MR) is 80.1 cm³/mol. The van der Waals surface area contributed by atoms with Crippen LogP contribution in [0, 0.1) is 0 Å². The molecular formula is C14H22F2N4O3. The Morgan fingerprint density at radius 2 is 2.17 bits per heavy atom. The first-order valence-electron chi connectivity index (χ1n) is 7.43. The lowest BCUT2D eigenvalue weighted by molar-refractivity contribution is -0.132. The van der Waals surface area contributed by atoms with E-state index >= 15 is 0 Å². The highest BCUT2D eigenvalue weighted by atomic mass is 19.3. The average Bonchev–Trinajstić information content (AvgIpc) is 2.80. The lowest BCUT2D eigenvalue weighted by Crippen LogP contribution is -2.41. The first-order chi connectivity index (χ1) is 10.9. The fraction of sp³-hybridized carbons (Fsp3) is 0.714. The summed E-state index contributed by atoms with van der Waals surface area (Å²) in [4.78, 5) is 16.8. The first kappa shape index (κ1) is 17.8. The Kier molecular flexibility index (Phi) is 6.03. The Bertz CT molecular complexity index is 467. The average molecular weight is 332 g/mol. The second kappa shape index (κ2) is 7.80. The summed E-state index contributed by atoms with van der Waals surface area (Å²) in [5.41, 5.74) is 5.41. The van der Waals surface area contributed by atoms with Crippen molar-refractivity contribution in [1.82, 2.24) is 9.80 Å². The van der Waals surface area contributed by atoms with Crippen molar-refractivity contribution in [2.24, 2.45) is 10.7 Å². The Labute approximate surface area is 133 Å². The van der Waals surface area contributed by atoms with E-state index in [1.807, 2.05) is 0 Å². The number of morpholine rings is 1. The minimum absolute atomic E-state index is 0.0574. The summed E-state index contributed by atoms with van der Waals surface area (Å²) in [7, 11) is 1.47. The van der Waals surface area contributed by atoms with Crippen LogP contribution in [0.2, 0.25) is 0 Å². The van der Waals surface area contributed by atoms with E-state index in [0.29, 0.717) is 26.2 Å². The Morgan fingerprint density at radius 1 is 1.48 bits per heavy atom. The number of rotatable bonds is 6. The first-order valence-corrected chi connectivity index (χ1v) is 7.43. The highest BCUT2D eigenvalue weighted by Gasteiger charge is 2.52. The number of ether oxygens (including phenoxy) is 2. The van der Waals surface area contributed by atoms with Crippen molar-refractivity contribution in [1.29, 1.82) is 0 Å². The Hall–Kier alpha value is -1.58. The van der Waals surface area contributed by atoms with Gasteiger partial charge in [-0.05, 0) is 6.08 Å². The molecule has 9 heteroatoms. The van der Waals surface area contributed by atoms with Gasteiger partial charge in [0.05, 0.1) is 19.3 Å². The van der Waals surface area contributed by atoms with Crippen molar-refractivity contribution in [3.63, 3.8) is 0 Å². The molecule has 0 aliphatic carbocycles. The van der Waals surface area contributed by atoms with Gasteiger partial charge in [0.1, 0.15) is 5.84 Å². The SMILES string of the molecule is CN(/C=C\C(N)=N/C=O)C1OC(CN2CCOCC2)CC1(F)F. The minimum atomic E-state index is -2.97. The number of amides is 1. The van der Waals surface area contributed by atoms with Gasteiger partial charge in [-0.1, -0.05) is 0 Å². The van der Waals surface area contributed by atoms with Crippen molar-refractivity contribution >= 4 is 12.2 Å². The predicted octanol–water partition coefficient (Wildman–Crippen LogP) is 0.0280. The van der Waals surface area contributed by atoms with Crippen LogP contribution in [0.1, 0.15) is 6.42 Å². The van der Waals surface area contributed by atoms with E-state index in [-0.39, 0.29) is 12.3 Å². The molecule has 23 heavy (non-hydrogen) atoms. The van der Waals surface area contributed by atoms with Crippen LogP contribution in [0.25, 0.3) is 0 Å². The van der Waals surface area contributed by atoms with Gasteiger partial charge >= 0.3 is 0 Å². The van der Waals surface area contributed by atoms with E-state index in [0.717, 1.165) is 13.1 Å². The van der Waals surface area contributed by atoms with Crippen molar-refractivity contribution in [3.05, 3.63) is 12.3 Å². The summed E-state index contributed by atoms with van der Waals surface area (Å²) >= 11 is 0. The van der Waals surface area contributed by atoms with E-state index in [4.69, 9.17) is 15.2 Å². The molecule has 0 saturated carbocycles. The summed E-state index contributed by atoms with van der Waals surface area (Å²) in [5, 5.41) is 0. The second-order valence-corrected chi connectivity index (χ2v) is 5.63. The molecule has 2 aliphatic heterocycles. The third kappa shape index (κ3) is 4.95. The number of hydrogen-bond donors (Lipinski definition) is 1. The van der Waals surface area contributed by atoms with Crippen LogP contribution in [0.5, 0.6) is 0 Å². The Morgan fingerprint density at radius 3 is 2.83 bits per heavy atom. The molecule has 1 amide bonds. The summed E-state index contributed by atoms with van der Waals surface area (Å²) in [6, 6.07) is 0. The second-order valence-electron chi connectivity index (χ2n) is 5.63. The summed E-state index contributed by atoms with van der Waals surface area (Å²) in [5.74, 6) is -3.02. The van der Waals surface area contributed by atoms with Crippen LogP contribution in [-0.2, 0) is 14.3 Å². The van der Waals surface area contributed by atoms with Crippen molar-refractivity contribution in [3.8, 4) is 0 Å². The van der Waals surface area contributed by atoms with Gasteiger partial charge in [0.15, 0.2) is 6.23 Å². The summed E-state index contributed by atoms with van der Waals surface area (Å²) in [6.45, 7) is 3.14. The molecule has 7 nitrogen and oxygen atoms in total. The van der Waals surface area contributed by atoms with Gasteiger partial charge in [-0.2, -0.15) is 4.99 Å². The number of aliphatic imine (C=N–C) groups is 1. The highest BCUT2D eigenvalue weighted by Crippen LogP contribution is 2.37. The zero-order chi connectivity index (χ0) is 16.9. The number of hydrogen-bond acceptors (Lipinski definition) is 5. The molecule has 2 heterocycles. The lowest BCUT2D eigenvalue weighted by Gasteiger charge is -2.29. The minimum Gasteiger partial charge on any atom is -0.384 e. The maximum Gasteiger partial charge on any atom is 0.294 e. The fourth-order valence-electron chi connectivity index (χ4n) is 2.68. The molecule has 0 radical (unpaired) electrons. The molecule has 2 fully saturated rings. The van der Waals surface area contributed by atoms with E-state index in [9.17, 15) is 13.6 Å². The van der Waals surface area contributed by atoms with Crippen LogP contribution in [-0.4, -0.2) is 80.2 Å². The van der Waals surface area contributed by atoms with Crippen molar-refractivity contribution in [2.75, 3.05) is 39.9 Å². The topological polar surface area (TPSA) is 80.4 Å². The molecule has 0 bridgehead atoms. The molecule has 2 unspecified atom stereocenters. The highest BCUT2D eigenvalue weighted by molar-refractivity contribution is 5.95. The molecule has 2 N–H and O–H groups in total. The molecule has 0 aromatic carbocycles. The number of carbonyl (C=O) groups is 1. The van der Waals surface area contributed by atoms with Crippen LogP contribution < -0.4 is 5.73 Å². The van der Waals surface area contributed by atoms with Gasteiger partial charge in [-0.3, -0.25) is 9.69 Å². The standard InChI is InChI=1S/C14H22F2N4O3/c1-19(3-2-12(17)18-10-21)13-14(15,16)8-11(23-13)9-20-4-6-22-7-5-20/h2-3,10-11,13H,4-9H2,1H3,(H2,17,18,21)/b3-2-. The van der Waals surface area contributed by atoms with Crippen LogP contribution >= 0.6 is 0 Å². The van der Waals surface area contributed by atoms with Gasteiger partial charge in [0, 0.05) is 39.3 Å². The van der Waals surface area contributed by atoms with E-state index in [1.165, 1.54) is 24.2 Å².